The number of hydrogen-bond acceptors (Lipinski definition) is 4. The molecule has 0 aromatic carbocycles. The van der Waals surface area contributed by atoms with Crippen molar-refractivity contribution in [1.82, 2.24) is 0 Å². The van der Waals surface area contributed by atoms with Crippen LogP contribution in [0, 0.1) is 0 Å². The second kappa shape index (κ2) is 11.9. The first-order valence-corrected chi connectivity index (χ1v) is 16.5. The Labute approximate surface area is 142 Å². The zero-order chi connectivity index (χ0) is 17.1. The van der Waals surface area contributed by atoms with Gasteiger partial charge in [0.25, 0.3) is 0 Å². The van der Waals surface area contributed by atoms with Crippen LogP contribution in [0.4, 0.5) is 0 Å². The van der Waals surface area contributed by atoms with Gasteiger partial charge in [0, 0.05) is 27.4 Å². The molecule has 0 aromatic rings. The second-order valence-electron chi connectivity index (χ2n) is 6.84. The summed E-state index contributed by atoms with van der Waals surface area (Å²) in [6.45, 7) is 9.28. The van der Waals surface area contributed by atoms with Gasteiger partial charge in [-0.05, 0) is 38.7 Å². The van der Waals surface area contributed by atoms with Crippen molar-refractivity contribution in [3.05, 3.63) is 0 Å². The van der Waals surface area contributed by atoms with Crippen molar-refractivity contribution in [2.45, 2.75) is 76.8 Å². The van der Waals surface area contributed by atoms with Crippen LogP contribution < -0.4 is 0 Å². The lowest BCUT2D eigenvalue weighted by atomic mass is 10.1. The van der Waals surface area contributed by atoms with Crippen molar-refractivity contribution in [1.29, 1.82) is 0 Å². The monoisotopic (exact) mass is 366 g/mol. The molecule has 0 aliphatic rings. The summed E-state index contributed by atoms with van der Waals surface area (Å²) < 4.78 is 22.5. The van der Waals surface area contributed by atoms with E-state index < -0.39 is 26.2 Å². The summed E-state index contributed by atoms with van der Waals surface area (Å²) in [5, 5.41) is 0. The minimum absolute atomic E-state index is 0.866. The Morgan fingerprint density at radius 3 is 1.50 bits per heavy atom. The Morgan fingerprint density at radius 1 is 0.682 bits per heavy atom. The van der Waals surface area contributed by atoms with E-state index in [9.17, 15) is 0 Å². The van der Waals surface area contributed by atoms with Crippen LogP contribution in [0.2, 0.25) is 38.3 Å². The van der Waals surface area contributed by atoms with E-state index in [-0.39, 0.29) is 0 Å². The van der Waals surface area contributed by atoms with Crippen LogP contribution >= 0.6 is 0 Å². The molecule has 0 atom stereocenters. The van der Waals surface area contributed by atoms with Crippen molar-refractivity contribution in [3.8, 4) is 0 Å². The van der Waals surface area contributed by atoms with Gasteiger partial charge in [0.05, 0.1) is 0 Å². The highest BCUT2D eigenvalue weighted by Gasteiger charge is 2.36. The maximum absolute atomic E-state index is 6.20. The molecule has 0 amide bonds. The standard InChI is InChI=1S/C15H38O4Si3/c1-16-22(17-2,18-3)15-13-11-9-8-10-12-14-21(6,7)19-20(4)5/h20H,8-15H2,1-7H3. The molecule has 22 heavy (non-hydrogen) atoms. The molecular formula is C15H38O4Si3. The summed E-state index contributed by atoms with van der Waals surface area (Å²) >= 11 is 0. The van der Waals surface area contributed by atoms with E-state index in [4.69, 9.17) is 17.4 Å². The van der Waals surface area contributed by atoms with Gasteiger partial charge in [0.1, 0.15) is 0 Å². The third kappa shape index (κ3) is 10.3. The van der Waals surface area contributed by atoms with Gasteiger partial charge in [-0.3, -0.25) is 0 Å². The summed E-state index contributed by atoms with van der Waals surface area (Å²) in [5.74, 6) is 0. The van der Waals surface area contributed by atoms with Gasteiger partial charge in [-0.2, -0.15) is 0 Å². The molecule has 7 heteroatoms. The quantitative estimate of drug-likeness (QED) is 0.337. The fourth-order valence-corrected chi connectivity index (χ4v) is 11.3. The first kappa shape index (κ1) is 22.5. The number of unbranched alkanes of at least 4 members (excludes halogenated alkanes) is 5. The first-order chi connectivity index (χ1) is 10.3. The molecule has 0 saturated heterocycles. The summed E-state index contributed by atoms with van der Waals surface area (Å²) in [7, 11) is 0.492. The fraction of sp³-hybridized carbons (Fsp3) is 1.00. The molecule has 134 valence electrons. The van der Waals surface area contributed by atoms with E-state index in [2.05, 4.69) is 26.2 Å². The van der Waals surface area contributed by atoms with Crippen molar-refractivity contribution in [2.24, 2.45) is 0 Å². The highest BCUT2D eigenvalue weighted by molar-refractivity contribution is 6.77. The zero-order valence-electron chi connectivity index (χ0n) is 15.9. The Bertz CT molecular complexity index is 263. The third-order valence-electron chi connectivity index (χ3n) is 4.00. The molecule has 0 radical (unpaired) electrons. The SMILES string of the molecule is CO[Si](CCCCCCCC[Si](C)(C)O[SiH](C)C)(OC)OC. The molecule has 4 nitrogen and oxygen atoms in total. The first-order valence-electron chi connectivity index (χ1n) is 8.64. The predicted octanol–water partition coefficient (Wildman–Crippen LogP) is 4.41. The second-order valence-corrected chi connectivity index (χ2v) is 17.0. The summed E-state index contributed by atoms with van der Waals surface area (Å²) in [5.41, 5.74) is 0. The van der Waals surface area contributed by atoms with E-state index in [1.165, 1.54) is 38.1 Å². The smallest absolute Gasteiger partial charge is 0.458 e. The van der Waals surface area contributed by atoms with Crippen molar-refractivity contribution >= 4 is 26.2 Å². The highest BCUT2D eigenvalue weighted by atomic mass is 28.4. The zero-order valence-corrected chi connectivity index (χ0v) is 19.0. The average Bonchev–Trinajstić information content (AvgIpc) is 2.45. The van der Waals surface area contributed by atoms with Crippen molar-refractivity contribution in [2.75, 3.05) is 21.3 Å². The van der Waals surface area contributed by atoms with Gasteiger partial charge in [-0.15, -0.1) is 0 Å². The molecule has 0 heterocycles. The van der Waals surface area contributed by atoms with Crippen LogP contribution in [0.25, 0.3) is 0 Å². The summed E-state index contributed by atoms with van der Waals surface area (Å²) in [6, 6.07) is 2.23. The van der Waals surface area contributed by atoms with Crippen LogP contribution in [-0.2, 0) is 17.4 Å². The van der Waals surface area contributed by atoms with Gasteiger partial charge in [0.2, 0.25) is 0 Å². The van der Waals surface area contributed by atoms with Crippen LogP contribution in [0.1, 0.15) is 38.5 Å². The molecule has 0 bridgehead atoms. The Balaban J connectivity index is 3.62. The summed E-state index contributed by atoms with van der Waals surface area (Å²) in [4.78, 5) is 0. The summed E-state index contributed by atoms with van der Waals surface area (Å²) in [6.07, 6.45) is 7.65. The molecule has 0 spiro atoms. The molecule has 0 rings (SSSR count). The maximum atomic E-state index is 6.20. The molecule has 0 aliphatic carbocycles. The van der Waals surface area contributed by atoms with Gasteiger partial charge in [0.15, 0.2) is 17.4 Å². The number of rotatable bonds is 14. The van der Waals surface area contributed by atoms with Crippen LogP contribution in [-0.4, -0.2) is 47.5 Å². The van der Waals surface area contributed by atoms with Gasteiger partial charge in [-0.1, -0.05) is 32.1 Å². The van der Waals surface area contributed by atoms with E-state index in [1.54, 1.807) is 21.3 Å². The highest BCUT2D eigenvalue weighted by Crippen LogP contribution is 2.20. The molecule has 0 aromatic heterocycles. The lowest BCUT2D eigenvalue weighted by molar-refractivity contribution is 0.122. The topological polar surface area (TPSA) is 36.9 Å². The molecule has 0 N–H and O–H groups in total. The van der Waals surface area contributed by atoms with Gasteiger partial charge >= 0.3 is 8.80 Å². The molecule has 0 unspecified atom stereocenters. The molecule has 0 saturated carbocycles. The lowest BCUT2D eigenvalue weighted by Crippen LogP contribution is -2.42. The van der Waals surface area contributed by atoms with Gasteiger partial charge in [-0.25, -0.2) is 0 Å². The Morgan fingerprint density at radius 2 is 1.09 bits per heavy atom. The van der Waals surface area contributed by atoms with Crippen molar-refractivity contribution < 1.29 is 17.4 Å². The maximum Gasteiger partial charge on any atom is 0.500 e. The van der Waals surface area contributed by atoms with Crippen LogP contribution in [0.3, 0.4) is 0 Å². The normalized spacial score (nSPS) is 13.1. The van der Waals surface area contributed by atoms with Gasteiger partial charge < -0.3 is 17.4 Å². The molecule has 0 fully saturated rings. The predicted molar refractivity (Wildman–Crippen MR) is 102 cm³/mol. The van der Waals surface area contributed by atoms with E-state index in [1.807, 2.05) is 0 Å². The Hall–Kier alpha value is 0.491. The fourth-order valence-electron chi connectivity index (χ4n) is 2.85. The molecule has 0 aliphatic heterocycles. The average molecular weight is 367 g/mol. The number of hydrogen-bond donors (Lipinski definition) is 0. The van der Waals surface area contributed by atoms with E-state index in [0.29, 0.717) is 0 Å². The van der Waals surface area contributed by atoms with Crippen LogP contribution in [0.5, 0.6) is 0 Å². The lowest BCUT2D eigenvalue weighted by Gasteiger charge is -2.25. The third-order valence-corrected chi connectivity index (χ3v) is 12.8. The minimum Gasteiger partial charge on any atom is -0.458 e. The van der Waals surface area contributed by atoms with E-state index >= 15 is 0 Å². The molecular weight excluding hydrogens is 328 g/mol. The van der Waals surface area contributed by atoms with Crippen LogP contribution in [0.15, 0.2) is 0 Å². The van der Waals surface area contributed by atoms with E-state index in [0.717, 1.165) is 12.5 Å². The van der Waals surface area contributed by atoms with Crippen molar-refractivity contribution in [3.63, 3.8) is 0 Å². The Kier molecular flexibility index (Phi) is 12.2. The minimum atomic E-state index is -2.34. The largest absolute Gasteiger partial charge is 0.500 e.